The fraction of sp³-hybridized carbons (Fsp3) is 0.308. The highest BCUT2D eigenvalue weighted by Gasteiger charge is 2.27. The van der Waals surface area contributed by atoms with Crippen LogP contribution in [0.25, 0.3) is 0 Å². The Morgan fingerprint density at radius 3 is 2.74 bits per heavy atom. The third-order valence-corrected chi connectivity index (χ3v) is 2.73. The second-order valence-corrected chi connectivity index (χ2v) is 4.11. The van der Waals surface area contributed by atoms with Gasteiger partial charge in [-0.05, 0) is 12.5 Å². The van der Waals surface area contributed by atoms with Crippen molar-refractivity contribution in [2.45, 2.75) is 13.5 Å². The van der Waals surface area contributed by atoms with E-state index >= 15 is 0 Å². The molecule has 0 aliphatic carbocycles. The maximum Gasteiger partial charge on any atom is 0.379 e. The number of ether oxygens (including phenoxy) is 1. The van der Waals surface area contributed by atoms with Crippen molar-refractivity contribution in [2.24, 2.45) is 7.05 Å². The van der Waals surface area contributed by atoms with E-state index in [-0.39, 0.29) is 5.69 Å². The molecule has 1 aromatic carbocycles. The molecule has 6 heteroatoms. The van der Waals surface area contributed by atoms with Crippen molar-refractivity contribution in [1.29, 1.82) is 0 Å². The summed E-state index contributed by atoms with van der Waals surface area (Å²) in [5, 5.41) is 4.22. The zero-order valence-corrected chi connectivity index (χ0v) is 11.0. The van der Waals surface area contributed by atoms with Gasteiger partial charge in [-0.2, -0.15) is 4.68 Å². The number of nitrogens with zero attached hydrogens (tertiary/aromatic N) is 3. The minimum absolute atomic E-state index is 0.276. The SMILES string of the molecule is CCOC(=O)c1c(N)[n+](Cc2ccccc2)nn1C. The summed E-state index contributed by atoms with van der Waals surface area (Å²) in [6.07, 6.45) is 0. The first kappa shape index (κ1) is 13.1. The van der Waals surface area contributed by atoms with Crippen LogP contribution in [0.5, 0.6) is 0 Å². The van der Waals surface area contributed by atoms with Crippen molar-refractivity contribution in [1.82, 2.24) is 9.90 Å². The van der Waals surface area contributed by atoms with Gasteiger partial charge in [0, 0.05) is 5.21 Å². The molecule has 2 rings (SSSR count). The maximum atomic E-state index is 11.8. The highest BCUT2D eigenvalue weighted by Crippen LogP contribution is 2.08. The van der Waals surface area contributed by atoms with E-state index in [1.54, 1.807) is 18.7 Å². The Labute approximate surface area is 111 Å². The minimum atomic E-state index is -0.457. The van der Waals surface area contributed by atoms with Gasteiger partial charge in [-0.25, -0.2) is 4.79 Å². The van der Waals surface area contributed by atoms with Crippen molar-refractivity contribution in [2.75, 3.05) is 12.3 Å². The van der Waals surface area contributed by atoms with Crippen molar-refractivity contribution < 1.29 is 14.2 Å². The molecule has 1 aromatic heterocycles. The Kier molecular flexibility index (Phi) is 3.79. The second-order valence-electron chi connectivity index (χ2n) is 4.11. The average molecular weight is 261 g/mol. The van der Waals surface area contributed by atoms with Crippen LogP contribution in [-0.2, 0) is 18.3 Å². The molecular weight excluding hydrogens is 244 g/mol. The van der Waals surface area contributed by atoms with E-state index in [9.17, 15) is 4.79 Å². The van der Waals surface area contributed by atoms with Crippen LogP contribution in [-0.4, -0.2) is 22.5 Å². The quantitative estimate of drug-likeness (QED) is 0.643. The summed E-state index contributed by atoms with van der Waals surface area (Å²) in [5.74, 6) is -0.147. The van der Waals surface area contributed by atoms with E-state index < -0.39 is 5.97 Å². The molecule has 0 bridgehead atoms. The number of nitrogens with two attached hydrogens (primary N) is 1. The van der Waals surface area contributed by atoms with E-state index in [4.69, 9.17) is 10.5 Å². The van der Waals surface area contributed by atoms with Crippen LogP contribution in [0.4, 0.5) is 5.82 Å². The lowest BCUT2D eigenvalue weighted by atomic mass is 10.2. The lowest BCUT2D eigenvalue weighted by Gasteiger charge is -1.98. The van der Waals surface area contributed by atoms with E-state index in [0.29, 0.717) is 19.0 Å². The van der Waals surface area contributed by atoms with Gasteiger partial charge in [0.1, 0.15) is 6.54 Å². The molecule has 0 unspecified atom stereocenters. The molecule has 0 amide bonds. The third kappa shape index (κ3) is 2.73. The predicted octanol–water partition coefficient (Wildman–Crippen LogP) is 0.515. The van der Waals surface area contributed by atoms with Crippen molar-refractivity contribution in [3.63, 3.8) is 0 Å². The third-order valence-electron chi connectivity index (χ3n) is 2.73. The first-order valence-corrected chi connectivity index (χ1v) is 6.07. The Morgan fingerprint density at radius 2 is 2.11 bits per heavy atom. The van der Waals surface area contributed by atoms with Gasteiger partial charge in [0.25, 0.3) is 11.5 Å². The van der Waals surface area contributed by atoms with Crippen LogP contribution in [0.1, 0.15) is 23.0 Å². The van der Waals surface area contributed by atoms with Gasteiger partial charge >= 0.3 is 5.97 Å². The number of aromatic nitrogens is 3. The Bertz CT molecular complexity index is 578. The average Bonchev–Trinajstić information content (AvgIpc) is 2.66. The lowest BCUT2D eigenvalue weighted by Crippen LogP contribution is -2.39. The molecule has 0 aliphatic rings. The number of anilines is 1. The minimum Gasteiger partial charge on any atom is -0.460 e. The number of hydrogen-bond donors (Lipinski definition) is 1. The summed E-state index contributed by atoms with van der Waals surface area (Å²) in [6, 6.07) is 9.79. The van der Waals surface area contributed by atoms with Gasteiger partial charge in [0.05, 0.1) is 13.7 Å². The largest absolute Gasteiger partial charge is 0.460 e. The normalized spacial score (nSPS) is 10.4. The van der Waals surface area contributed by atoms with E-state index in [1.165, 1.54) is 4.68 Å². The van der Waals surface area contributed by atoms with E-state index in [1.807, 2.05) is 30.3 Å². The highest BCUT2D eigenvalue weighted by molar-refractivity contribution is 5.91. The van der Waals surface area contributed by atoms with Gasteiger partial charge in [-0.1, -0.05) is 30.3 Å². The number of carbonyl (C=O) groups is 1. The molecule has 0 saturated carbocycles. The zero-order chi connectivity index (χ0) is 13.8. The molecule has 0 fully saturated rings. The summed E-state index contributed by atoms with van der Waals surface area (Å²) < 4.78 is 7.99. The number of esters is 1. The molecule has 2 aromatic rings. The molecular formula is C13H17N4O2+. The predicted molar refractivity (Wildman–Crippen MR) is 69.3 cm³/mol. The van der Waals surface area contributed by atoms with Crippen molar-refractivity contribution in [3.05, 3.63) is 41.6 Å². The van der Waals surface area contributed by atoms with Gasteiger partial charge in [0.2, 0.25) is 0 Å². The second kappa shape index (κ2) is 5.51. The monoisotopic (exact) mass is 261 g/mol. The molecule has 100 valence electrons. The smallest absolute Gasteiger partial charge is 0.379 e. The summed E-state index contributed by atoms with van der Waals surface area (Å²) >= 11 is 0. The van der Waals surface area contributed by atoms with Gasteiger partial charge < -0.3 is 10.5 Å². The summed E-state index contributed by atoms with van der Waals surface area (Å²) in [6.45, 7) is 2.57. The molecule has 2 N–H and O–H groups in total. The number of rotatable bonds is 4. The standard InChI is InChI=1S/C13H16N4O2/c1-3-19-13(18)11-12(14)17(15-16(11)2)9-10-7-5-4-6-8-10/h4-8H,3,9H2,1-2H3,(H-,14,15,18)/p+1. The Hall–Kier alpha value is -2.37. The zero-order valence-electron chi connectivity index (χ0n) is 11.0. The maximum absolute atomic E-state index is 11.8. The van der Waals surface area contributed by atoms with Gasteiger partial charge in [-0.3, -0.25) is 0 Å². The Balaban J connectivity index is 2.29. The van der Waals surface area contributed by atoms with Crippen LogP contribution in [0, 0.1) is 0 Å². The molecule has 0 radical (unpaired) electrons. The van der Waals surface area contributed by atoms with Crippen LogP contribution in [0.3, 0.4) is 0 Å². The lowest BCUT2D eigenvalue weighted by molar-refractivity contribution is -0.734. The highest BCUT2D eigenvalue weighted by atomic mass is 16.5. The topological polar surface area (TPSA) is 74.0 Å². The molecule has 0 atom stereocenters. The number of carbonyl (C=O) groups excluding carboxylic acids is 1. The number of benzene rings is 1. The number of hydrogen-bond acceptors (Lipinski definition) is 4. The van der Waals surface area contributed by atoms with Crippen molar-refractivity contribution in [3.8, 4) is 0 Å². The van der Waals surface area contributed by atoms with E-state index in [2.05, 4.69) is 5.21 Å². The van der Waals surface area contributed by atoms with E-state index in [0.717, 1.165) is 5.56 Å². The van der Waals surface area contributed by atoms with Gasteiger partial charge in [0.15, 0.2) is 0 Å². The van der Waals surface area contributed by atoms with Crippen LogP contribution in [0.15, 0.2) is 30.3 Å². The summed E-state index contributed by atoms with van der Waals surface area (Å²) in [7, 11) is 1.67. The molecule has 0 aliphatic heterocycles. The van der Waals surface area contributed by atoms with Crippen LogP contribution >= 0.6 is 0 Å². The Morgan fingerprint density at radius 1 is 1.42 bits per heavy atom. The van der Waals surface area contributed by atoms with Gasteiger partial charge in [-0.15, -0.1) is 4.68 Å². The summed E-state index contributed by atoms with van der Waals surface area (Å²) in [4.78, 5) is 11.8. The summed E-state index contributed by atoms with van der Waals surface area (Å²) in [5.41, 5.74) is 7.30. The first-order chi connectivity index (χ1) is 9.13. The molecule has 19 heavy (non-hydrogen) atoms. The molecule has 0 spiro atoms. The van der Waals surface area contributed by atoms with Crippen LogP contribution < -0.4 is 10.4 Å². The molecule has 6 nitrogen and oxygen atoms in total. The number of nitrogen functional groups attached to an aromatic ring is 1. The molecule has 1 heterocycles. The van der Waals surface area contributed by atoms with Crippen molar-refractivity contribution >= 4 is 11.8 Å². The fourth-order valence-electron chi connectivity index (χ4n) is 1.85. The van der Waals surface area contributed by atoms with Crippen LogP contribution in [0.2, 0.25) is 0 Å². The number of aryl methyl sites for hydroxylation is 1. The fourth-order valence-corrected chi connectivity index (χ4v) is 1.85. The first-order valence-electron chi connectivity index (χ1n) is 6.07. The molecule has 0 saturated heterocycles.